The summed E-state index contributed by atoms with van der Waals surface area (Å²) in [5.41, 5.74) is 3.14. The van der Waals surface area contributed by atoms with Crippen LogP contribution in [0.15, 0.2) is 53.9 Å². The maximum Gasteiger partial charge on any atom is 0.341 e. The lowest BCUT2D eigenvalue weighted by Crippen LogP contribution is -2.30. The topological polar surface area (TPSA) is 73.9 Å². The number of rotatable bonds is 8. The molecule has 162 valence electrons. The average molecular weight is 440 g/mol. The third-order valence-corrected chi connectivity index (χ3v) is 5.71. The lowest BCUT2D eigenvalue weighted by molar-refractivity contribution is -0.122. The molecule has 1 atom stereocenters. The van der Waals surface area contributed by atoms with Crippen molar-refractivity contribution in [1.29, 1.82) is 0 Å². The highest BCUT2D eigenvalue weighted by molar-refractivity contribution is 7.15. The Labute approximate surface area is 185 Å². The SMILES string of the molecule is CCc1ccc(-c2csc(NC(=O)C(C)Oc3cccc(OC)c3)c2C(=O)OC)cc1. The van der Waals surface area contributed by atoms with Gasteiger partial charge in [0.2, 0.25) is 0 Å². The van der Waals surface area contributed by atoms with Gasteiger partial charge in [-0.15, -0.1) is 11.3 Å². The van der Waals surface area contributed by atoms with Crippen molar-refractivity contribution < 1.29 is 23.8 Å². The van der Waals surface area contributed by atoms with E-state index >= 15 is 0 Å². The largest absolute Gasteiger partial charge is 0.497 e. The van der Waals surface area contributed by atoms with Crippen molar-refractivity contribution in [3.05, 3.63) is 65.0 Å². The number of hydrogen-bond donors (Lipinski definition) is 1. The highest BCUT2D eigenvalue weighted by Gasteiger charge is 2.24. The minimum absolute atomic E-state index is 0.332. The number of esters is 1. The van der Waals surface area contributed by atoms with Crippen molar-refractivity contribution in [2.75, 3.05) is 19.5 Å². The second kappa shape index (κ2) is 10.1. The lowest BCUT2D eigenvalue weighted by atomic mass is 10.0. The first-order valence-electron chi connectivity index (χ1n) is 9.87. The molecule has 1 heterocycles. The highest BCUT2D eigenvalue weighted by atomic mass is 32.1. The number of carbonyl (C=O) groups is 2. The van der Waals surface area contributed by atoms with Gasteiger partial charge in [0.25, 0.3) is 5.91 Å². The molecule has 1 amide bonds. The zero-order valence-corrected chi connectivity index (χ0v) is 18.7. The molecule has 0 bridgehead atoms. The van der Waals surface area contributed by atoms with Gasteiger partial charge in [0.15, 0.2) is 6.10 Å². The molecule has 1 N–H and O–H groups in total. The normalized spacial score (nSPS) is 11.5. The quantitative estimate of drug-likeness (QED) is 0.490. The van der Waals surface area contributed by atoms with E-state index < -0.39 is 12.1 Å². The fourth-order valence-corrected chi connectivity index (χ4v) is 3.99. The molecule has 3 rings (SSSR count). The second-order valence-corrected chi connectivity index (χ2v) is 7.70. The van der Waals surface area contributed by atoms with Crippen LogP contribution in [0.2, 0.25) is 0 Å². The minimum Gasteiger partial charge on any atom is -0.497 e. The minimum atomic E-state index is -0.785. The first-order chi connectivity index (χ1) is 15.0. The number of carbonyl (C=O) groups excluding carboxylic acids is 2. The molecule has 6 nitrogen and oxygen atoms in total. The van der Waals surface area contributed by atoms with Gasteiger partial charge in [0, 0.05) is 17.0 Å². The lowest BCUT2D eigenvalue weighted by Gasteiger charge is -2.15. The van der Waals surface area contributed by atoms with Crippen LogP contribution in [0.4, 0.5) is 5.00 Å². The molecule has 0 aliphatic rings. The molecule has 0 saturated heterocycles. The standard InChI is InChI=1S/C24H25NO5S/c1-5-16-9-11-17(12-10-16)20-14-31-23(21(20)24(27)29-4)25-22(26)15(2)30-19-8-6-7-18(13-19)28-3/h6-15H,5H2,1-4H3,(H,25,26). The summed E-state index contributed by atoms with van der Waals surface area (Å²) >= 11 is 1.27. The van der Waals surface area contributed by atoms with E-state index in [2.05, 4.69) is 12.2 Å². The average Bonchev–Trinajstić information content (AvgIpc) is 3.22. The molecule has 0 saturated carbocycles. The van der Waals surface area contributed by atoms with Crippen LogP contribution in [0.1, 0.15) is 29.8 Å². The molecule has 31 heavy (non-hydrogen) atoms. The molecular formula is C24H25NO5S. The summed E-state index contributed by atoms with van der Waals surface area (Å²) in [6.07, 6.45) is 0.146. The molecule has 3 aromatic rings. The fourth-order valence-electron chi connectivity index (χ4n) is 3.03. The van der Waals surface area contributed by atoms with E-state index in [0.717, 1.165) is 17.5 Å². The van der Waals surface area contributed by atoms with E-state index in [9.17, 15) is 9.59 Å². The third kappa shape index (κ3) is 5.24. The van der Waals surface area contributed by atoms with Crippen molar-refractivity contribution in [3.63, 3.8) is 0 Å². The number of ether oxygens (including phenoxy) is 3. The predicted molar refractivity (Wildman–Crippen MR) is 122 cm³/mol. The van der Waals surface area contributed by atoms with Gasteiger partial charge in [-0.2, -0.15) is 0 Å². The Balaban J connectivity index is 1.82. The zero-order valence-electron chi connectivity index (χ0n) is 17.9. The number of benzene rings is 2. The van der Waals surface area contributed by atoms with Gasteiger partial charge >= 0.3 is 5.97 Å². The van der Waals surface area contributed by atoms with Crippen LogP contribution in [0, 0.1) is 0 Å². The van der Waals surface area contributed by atoms with Gasteiger partial charge in [-0.05, 0) is 36.6 Å². The maximum atomic E-state index is 12.8. The van der Waals surface area contributed by atoms with Crippen LogP contribution >= 0.6 is 11.3 Å². The molecule has 0 aliphatic heterocycles. The van der Waals surface area contributed by atoms with Crippen molar-refractivity contribution in [3.8, 4) is 22.6 Å². The number of methoxy groups -OCH3 is 2. The van der Waals surface area contributed by atoms with Gasteiger partial charge in [-0.3, -0.25) is 4.79 Å². The summed E-state index contributed by atoms with van der Waals surface area (Å²) in [5, 5.41) is 5.08. The van der Waals surface area contributed by atoms with Crippen LogP contribution in [0.25, 0.3) is 11.1 Å². The first-order valence-corrected chi connectivity index (χ1v) is 10.8. The summed E-state index contributed by atoms with van der Waals surface area (Å²) in [5.74, 6) is 0.267. The second-order valence-electron chi connectivity index (χ2n) is 6.82. The van der Waals surface area contributed by atoms with Crippen LogP contribution in [-0.4, -0.2) is 32.2 Å². The molecule has 0 spiro atoms. The van der Waals surface area contributed by atoms with Gasteiger partial charge in [-0.25, -0.2) is 4.79 Å². The van der Waals surface area contributed by atoms with E-state index in [0.29, 0.717) is 22.1 Å². The van der Waals surface area contributed by atoms with Crippen molar-refractivity contribution >= 4 is 28.2 Å². The highest BCUT2D eigenvalue weighted by Crippen LogP contribution is 2.36. The predicted octanol–water partition coefficient (Wildman–Crippen LogP) is 5.18. The Morgan fingerprint density at radius 3 is 2.42 bits per heavy atom. The Kier molecular flexibility index (Phi) is 7.31. The smallest absolute Gasteiger partial charge is 0.341 e. The monoisotopic (exact) mass is 439 g/mol. The Hall–Kier alpha value is -3.32. The van der Waals surface area contributed by atoms with Crippen molar-refractivity contribution in [1.82, 2.24) is 0 Å². The molecule has 1 aromatic heterocycles. The zero-order chi connectivity index (χ0) is 22.4. The van der Waals surface area contributed by atoms with Crippen LogP contribution in [0.3, 0.4) is 0 Å². The molecule has 2 aromatic carbocycles. The number of aryl methyl sites for hydroxylation is 1. The number of thiophene rings is 1. The Bertz CT molecular complexity index is 1060. The molecule has 0 radical (unpaired) electrons. The van der Waals surface area contributed by atoms with Crippen molar-refractivity contribution in [2.45, 2.75) is 26.4 Å². The first kappa shape index (κ1) is 22.4. The number of amides is 1. The number of nitrogens with one attached hydrogen (secondary N) is 1. The van der Waals surface area contributed by atoms with Gasteiger partial charge in [-0.1, -0.05) is 37.3 Å². The van der Waals surface area contributed by atoms with E-state index in [1.54, 1.807) is 38.3 Å². The van der Waals surface area contributed by atoms with E-state index in [4.69, 9.17) is 14.2 Å². The Morgan fingerprint density at radius 1 is 1.06 bits per heavy atom. The van der Waals surface area contributed by atoms with Crippen LogP contribution < -0.4 is 14.8 Å². The van der Waals surface area contributed by atoms with E-state index in [1.807, 2.05) is 29.6 Å². The fraction of sp³-hybridized carbons (Fsp3) is 0.250. The molecule has 0 aliphatic carbocycles. The van der Waals surface area contributed by atoms with Crippen molar-refractivity contribution in [2.24, 2.45) is 0 Å². The summed E-state index contributed by atoms with van der Waals surface area (Å²) < 4.78 is 15.9. The van der Waals surface area contributed by atoms with Gasteiger partial charge in [0.05, 0.1) is 14.2 Å². The summed E-state index contributed by atoms with van der Waals surface area (Å²) in [6.45, 7) is 3.73. The maximum absolute atomic E-state index is 12.8. The van der Waals surface area contributed by atoms with Gasteiger partial charge in [0.1, 0.15) is 22.1 Å². The molecule has 1 unspecified atom stereocenters. The van der Waals surface area contributed by atoms with Crippen LogP contribution in [-0.2, 0) is 16.0 Å². The number of hydrogen-bond acceptors (Lipinski definition) is 6. The molecular weight excluding hydrogens is 414 g/mol. The number of anilines is 1. The van der Waals surface area contributed by atoms with Gasteiger partial charge < -0.3 is 19.5 Å². The molecule has 7 heteroatoms. The summed E-state index contributed by atoms with van der Waals surface area (Å²) in [6, 6.07) is 15.0. The summed E-state index contributed by atoms with van der Waals surface area (Å²) in [4.78, 5) is 25.3. The molecule has 0 fully saturated rings. The summed E-state index contributed by atoms with van der Waals surface area (Å²) in [7, 11) is 2.89. The van der Waals surface area contributed by atoms with E-state index in [-0.39, 0.29) is 5.91 Å². The third-order valence-electron chi connectivity index (χ3n) is 4.81. The van der Waals surface area contributed by atoms with E-state index in [1.165, 1.54) is 24.0 Å². The Morgan fingerprint density at radius 2 is 1.77 bits per heavy atom. The van der Waals surface area contributed by atoms with Crippen LogP contribution in [0.5, 0.6) is 11.5 Å².